The van der Waals surface area contributed by atoms with E-state index in [2.05, 4.69) is 31.2 Å². The molecular weight excluding hydrogens is 333 g/mol. The van der Waals surface area contributed by atoms with Gasteiger partial charge in [-0.1, -0.05) is 18.5 Å². The van der Waals surface area contributed by atoms with Crippen LogP contribution in [0, 0.1) is 5.82 Å². The minimum absolute atomic E-state index is 0.292. The van der Waals surface area contributed by atoms with Crippen LogP contribution in [0.2, 0.25) is 5.02 Å². The molecule has 19 heavy (non-hydrogen) atoms. The number of aryl methyl sites for hydroxylation is 1. The third-order valence-electron chi connectivity index (χ3n) is 2.41. The van der Waals surface area contributed by atoms with Gasteiger partial charge in [-0.3, -0.25) is 0 Å². The molecule has 0 aliphatic rings. The predicted molar refractivity (Wildman–Crippen MR) is 78.4 cm³/mol. The van der Waals surface area contributed by atoms with Crippen molar-refractivity contribution in [3.63, 3.8) is 0 Å². The Morgan fingerprint density at radius 1 is 1.32 bits per heavy atom. The number of aromatic nitrogens is 2. The number of hydrogen-bond acceptors (Lipinski definition) is 3. The van der Waals surface area contributed by atoms with Gasteiger partial charge in [-0.05, 0) is 40.5 Å². The largest absolute Gasteiger partial charge is 0.338 e. The molecule has 1 heterocycles. The van der Waals surface area contributed by atoms with Crippen molar-refractivity contribution in [3.05, 3.63) is 45.5 Å². The van der Waals surface area contributed by atoms with Crippen LogP contribution in [0.4, 0.5) is 15.9 Å². The molecule has 0 saturated carbocycles. The number of nitrogens with one attached hydrogen (secondary N) is 1. The van der Waals surface area contributed by atoms with Gasteiger partial charge in [0, 0.05) is 17.5 Å². The molecule has 2 rings (SSSR count). The van der Waals surface area contributed by atoms with Crippen LogP contribution in [0.3, 0.4) is 0 Å². The molecule has 0 aliphatic carbocycles. The highest BCUT2D eigenvalue weighted by molar-refractivity contribution is 9.10. The summed E-state index contributed by atoms with van der Waals surface area (Å²) < 4.78 is 14.3. The van der Waals surface area contributed by atoms with Crippen molar-refractivity contribution < 1.29 is 4.39 Å². The quantitative estimate of drug-likeness (QED) is 0.815. The van der Waals surface area contributed by atoms with Crippen LogP contribution in [0.1, 0.15) is 19.2 Å². The number of nitrogens with zero attached hydrogens (tertiary/aromatic N) is 2. The standard InChI is InChI=1S/C13H12BrClFN3/c1-2-3-12-18-11(14)7-13(19-12)17-10-6-8(15)4-5-9(10)16/h4-7H,2-3H2,1H3,(H,17,18,19). The lowest BCUT2D eigenvalue weighted by atomic mass is 10.3. The molecule has 0 aliphatic heterocycles. The average molecular weight is 345 g/mol. The smallest absolute Gasteiger partial charge is 0.146 e. The Hall–Kier alpha value is -1.20. The van der Waals surface area contributed by atoms with Crippen molar-refractivity contribution in [2.75, 3.05) is 5.32 Å². The van der Waals surface area contributed by atoms with Crippen molar-refractivity contribution in [2.24, 2.45) is 0 Å². The fourth-order valence-electron chi connectivity index (χ4n) is 1.60. The van der Waals surface area contributed by atoms with Crippen LogP contribution in [0.25, 0.3) is 0 Å². The van der Waals surface area contributed by atoms with E-state index in [4.69, 9.17) is 11.6 Å². The molecule has 1 N–H and O–H groups in total. The lowest BCUT2D eigenvalue weighted by molar-refractivity contribution is 0.631. The maximum Gasteiger partial charge on any atom is 0.146 e. The first-order valence-electron chi connectivity index (χ1n) is 5.84. The topological polar surface area (TPSA) is 37.8 Å². The zero-order chi connectivity index (χ0) is 13.8. The van der Waals surface area contributed by atoms with Gasteiger partial charge in [0.1, 0.15) is 22.1 Å². The molecule has 100 valence electrons. The molecule has 0 spiro atoms. The van der Waals surface area contributed by atoms with E-state index in [1.54, 1.807) is 6.07 Å². The van der Waals surface area contributed by atoms with E-state index in [0.29, 0.717) is 27.0 Å². The van der Waals surface area contributed by atoms with Crippen LogP contribution in [0.15, 0.2) is 28.9 Å². The maximum absolute atomic E-state index is 13.6. The highest BCUT2D eigenvalue weighted by Crippen LogP contribution is 2.24. The van der Waals surface area contributed by atoms with Crippen molar-refractivity contribution in [2.45, 2.75) is 19.8 Å². The van der Waals surface area contributed by atoms with E-state index in [1.807, 2.05) is 6.92 Å². The van der Waals surface area contributed by atoms with Crippen molar-refractivity contribution in [1.29, 1.82) is 0 Å². The molecule has 3 nitrogen and oxygen atoms in total. The highest BCUT2D eigenvalue weighted by atomic mass is 79.9. The monoisotopic (exact) mass is 343 g/mol. The van der Waals surface area contributed by atoms with Gasteiger partial charge in [0.15, 0.2) is 0 Å². The Bertz CT molecular complexity index is 592. The van der Waals surface area contributed by atoms with Gasteiger partial charge in [-0.25, -0.2) is 14.4 Å². The van der Waals surface area contributed by atoms with Gasteiger partial charge < -0.3 is 5.32 Å². The third-order valence-corrected chi connectivity index (χ3v) is 3.05. The first-order chi connectivity index (χ1) is 9.08. The Balaban J connectivity index is 2.29. The molecule has 0 fully saturated rings. The Kier molecular flexibility index (Phi) is 4.71. The molecule has 2 aromatic rings. The highest BCUT2D eigenvalue weighted by Gasteiger charge is 2.07. The first kappa shape index (κ1) is 14.2. The minimum Gasteiger partial charge on any atom is -0.338 e. The van der Waals surface area contributed by atoms with Crippen molar-refractivity contribution >= 4 is 39.0 Å². The molecule has 0 unspecified atom stereocenters. The predicted octanol–water partition coefficient (Wildman–Crippen LogP) is 4.73. The van der Waals surface area contributed by atoms with Gasteiger partial charge in [-0.2, -0.15) is 0 Å². The van der Waals surface area contributed by atoms with Gasteiger partial charge in [0.2, 0.25) is 0 Å². The number of rotatable bonds is 4. The Labute approximate surface area is 124 Å². The summed E-state index contributed by atoms with van der Waals surface area (Å²) in [6.07, 6.45) is 1.72. The third kappa shape index (κ3) is 3.88. The fourth-order valence-corrected chi connectivity index (χ4v) is 2.19. The first-order valence-corrected chi connectivity index (χ1v) is 7.01. The maximum atomic E-state index is 13.6. The summed E-state index contributed by atoms with van der Waals surface area (Å²) in [5.74, 6) is 0.865. The lowest BCUT2D eigenvalue weighted by Gasteiger charge is -2.09. The molecule has 0 saturated heterocycles. The second kappa shape index (κ2) is 6.30. The number of benzene rings is 1. The van der Waals surface area contributed by atoms with E-state index >= 15 is 0 Å². The second-order valence-electron chi connectivity index (χ2n) is 3.99. The minimum atomic E-state index is -0.379. The van der Waals surface area contributed by atoms with Crippen LogP contribution in [-0.4, -0.2) is 9.97 Å². The van der Waals surface area contributed by atoms with Crippen molar-refractivity contribution in [3.8, 4) is 0 Å². The Morgan fingerprint density at radius 2 is 2.11 bits per heavy atom. The summed E-state index contributed by atoms with van der Waals surface area (Å²) >= 11 is 9.17. The average Bonchev–Trinajstić information content (AvgIpc) is 2.33. The summed E-state index contributed by atoms with van der Waals surface area (Å²) in [4.78, 5) is 8.58. The summed E-state index contributed by atoms with van der Waals surface area (Å²) in [5, 5.41) is 3.38. The summed E-state index contributed by atoms with van der Waals surface area (Å²) in [7, 11) is 0. The molecule has 0 bridgehead atoms. The van der Waals surface area contributed by atoms with Gasteiger partial charge in [0.05, 0.1) is 5.69 Å². The summed E-state index contributed by atoms with van der Waals surface area (Å²) in [6.45, 7) is 2.05. The Morgan fingerprint density at radius 3 is 2.84 bits per heavy atom. The van der Waals surface area contributed by atoms with Gasteiger partial charge in [-0.15, -0.1) is 0 Å². The molecule has 0 radical (unpaired) electrons. The lowest BCUT2D eigenvalue weighted by Crippen LogP contribution is -2.01. The van der Waals surface area contributed by atoms with E-state index in [1.165, 1.54) is 18.2 Å². The van der Waals surface area contributed by atoms with Crippen LogP contribution >= 0.6 is 27.5 Å². The van der Waals surface area contributed by atoms with E-state index in [0.717, 1.165) is 12.8 Å². The zero-order valence-corrected chi connectivity index (χ0v) is 12.6. The molecule has 1 aromatic carbocycles. The van der Waals surface area contributed by atoms with Crippen LogP contribution < -0.4 is 5.32 Å². The van der Waals surface area contributed by atoms with Gasteiger partial charge >= 0.3 is 0 Å². The molecular formula is C13H12BrClFN3. The molecule has 0 amide bonds. The van der Waals surface area contributed by atoms with E-state index in [-0.39, 0.29) is 5.82 Å². The normalized spacial score (nSPS) is 10.5. The molecule has 6 heteroatoms. The fraction of sp³-hybridized carbons (Fsp3) is 0.231. The SMILES string of the molecule is CCCc1nc(Br)cc(Nc2cc(Cl)ccc2F)n1. The van der Waals surface area contributed by atoms with Crippen LogP contribution in [-0.2, 0) is 6.42 Å². The number of halogens is 3. The van der Waals surface area contributed by atoms with E-state index in [9.17, 15) is 4.39 Å². The summed E-state index contributed by atoms with van der Waals surface area (Å²) in [6, 6.07) is 6.03. The molecule has 0 atom stereocenters. The number of hydrogen-bond donors (Lipinski definition) is 1. The number of anilines is 2. The zero-order valence-electron chi connectivity index (χ0n) is 10.3. The molecule has 1 aromatic heterocycles. The van der Waals surface area contributed by atoms with Crippen LogP contribution in [0.5, 0.6) is 0 Å². The second-order valence-corrected chi connectivity index (χ2v) is 5.24. The van der Waals surface area contributed by atoms with E-state index < -0.39 is 0 Å². The summed E-state index contributed by atoms with van der Waals surface area (Å²) in [5.41, 5.74) is 0.292. The van der Waals surface area contributed by atoms with Gasteiger partial charge in [0.25, 0.3) is 0 Å². The van der Waals surface area contributed by atoms with Crippen molar-refractivity contribution in [1.82, 2.24) is 9.97 Å².